The molecule has 108 valence electrons. The van der Waals surface area contributed by atoms with Crippen molar-refractivity contribution in [3.05, 3.63) is 35.7 Å². The van der Waals surface area contributed by atoms with Crippen molar-refractivity contribution in [3.63, 3.8) is 0 Å². The second-order valence-electron chi connectivity index (χ2n) is 4.28. The summed E-state index contributed by atoms with van der Waals surface area (Å²) < 4.78 is 30.0. The number of hydrogen-bond donors (Lipinski definition) is 0. The van der Waals surface area contributed by atoms with Crippen molar-refractivity contribution in [3.8, 4) is 11.4 Å². The molecule has 0 saturated heterocycles. The molecule has 5 nitrogen and oxygen atoms in total. The quantitative estimate of drug-likeness (QED) is 0.814. The zero-order valence-electron chi connectivity index (χ0n) is 11.4. The molecule has 0 aliphatic carbocycles. The summed E-state index contributed by atoms with van der Waals surface area (Å²) in [6.45, 7) is 5.79. The maximum atomic E-state index is 11.6. The zero-order valence-corrected chi connectivity index (χ0v) is 13.0. The summed E-state index contributed by atoms with van der Waals surface area (Å²) in [6.07, 6.45) is 0. The number of nitrogens with zero attached hydrogens (tertiary/aromatic N) is 2. The first-order valence-corrected chi connectivity index (χ1v) is 8.39. The molecule has 0 N–H and O–H groups in total. The summed E-state index contributed by atoms with van der Waals surface area (Å²) >= 11 is 0. The molecule has 0 spiro atoms. The van der Waals surface area contributed by atoms with Gasteiger partial charge in [-0.1, -0.05) is 0 Å². The Balaban J connectivity index is 2.49. The normalized spacial score (nSPS) is 11.6. The first-order chi connectivity index (χ1) is 9.34. The molecule has 2 rings (SSSR count). The minimum atomic E-state index is -3.80. The van der Waals surface area contributed by atoms with Crippen molar-refractivity contribution < 1.29 is 13.2 Å². The van der Waals surface area contributed by atoms with Crippen molar-refractivity contribution in [2.75, 3.05) is 6.61 Å². The molecule has 0 amide bonds. The highest BCUT2D eigenvalue weighted by Gasteiger charge is 2.22. The molecule has 0 aliphatic rings. The fourth-order valence-electron chi connectivity index (χ4n) is 2.08. The molecule has 0 atom stereocenters. The van der Waals surface area contributed by atoms with Crippen LogP contribution in [-0.4, -0.2) is 24.8 Å². The van der Waals surface area contributed by atoms with E-state index in [1.165, 1.54) is 0 Å². The number of hydrogen-bond acceptors (Lipinski definition) is 4. The van der Waals surface area contributed by atoms with Gasteiger partial charge in [0.2, 0.25) is 0 Å². The van der Waals surface area contributed by atoms with Crippen LogP contribution in [0.5, 0.6) is 5.75 Å². The summed E-state index contributed by atoms with van der Waals surface area (Å²) in [5, 5.41) is 4.23. The van der Waals surface area contributed by atoms with Gasteiger partial charge in [0.15, 0.2) is 0 Å². The average molecular weight is 315 g/mol. The molecule has 1 aromatic carbocycles. The summed E-state index contributed by atoms with van der Waals surface area (Å²) in [4.78, 5) is 0.0630. The van der Waals surface area contributed by atoms with Crippen LogP contribution in [-0.2, 0) is 9.05 Å². The van der Waals surface area contributed by atoms with E-state index < -0.39 is 9.05 Å². The van der Waals surface area contributed by atoms with E-state index in [1.54, 1.807) is 18.5 Å². The number of aryl methyl sites for hydroxylation is 1. The predicted molar refractivity (Wildman–Crippen MR) is 77.2 cm³/mol. The molecule has 0 saturated carbocycles. The van der Waals surface area contributed by atoms with Crippen molar-refractivity contribution in [1.29, 1.82) is 0 Å². The molecule has 1 heterocycles. The lowest BCUT2D eigenvalue weighted by atomic mass is 10.3. The predicted octanol–water partition coefficient (Wildman–Crippen LogP) is 2.82. The Morgan fingerprint density at radius 1 is 1.25 bits per heavy atom. The van der Waals surface area contributed by atoms with Gasteiger partial charge in [-0.2, -0.15) is 5.10 Å². The Hall–Kier alpha value is -1.53. The van der Waals surface area contributed by atoms with Crippen molar-refractivity contribution in [2.24, 2.45) is 0 Å². The number of halogens is 1. The van der Waals surface area contributed by atoms with Crippen LogP contribution in [0.4, 0.5) is 0 Å². The van der Waals surface area contributed by atoms with Crippen LogP contribution >= 0.6 is 10.7 Å². The molecular formula is C13H15ClN2O3S. The van der Waals surface area contributed by atoms with E-state index in [-0.39, 0.29) is 4.90 Å². The third kappa shape index (κ3) is 2.81. The molecule has 1 aromatic heterocycles. The van der Waals surface area contributed by atoms with Crippen LogP contribution in [0.2, 0.25) is 0 Å². The third-order valence-corrected chi connectivity index (χ3v) is 4.40. The molecule has 0 fully saturated rings. The fourth-order valence-corrected chi connectivity index (χ4v) is 3.59. The van der Waals surface area contributed by atoms with E-state index in [2.05, 4.69) is 5.10 Å². The van der Waals surface area contributed by atoms with Crippen LogP contribution in [0.25, 0.3) is 5.69 Å². The molecule has 0 unspecified atom stereocenters. The maximum absolute atomic E-state index is 11.6. The van der Waals surface area contributed by atoms with Gasteiger partial charge >= 0.3 is 0 Å². The van der Waals surface area contributed by atoms with Crippen LogP contribution in [0.15, 0.2) is 29.2 Å². The highest BCUT2D eigenvalue weighted by Crippen LogP contribution is 2.26. The largest absolute Gasteiger partial charge is 0.494 e. The van der Waals surface area contributed by atoms with E-state index in [0.29, 0.717) is 18.0 Å². The summed E-state index contributed by atoms with van der Waals surface area (Å²) in [7, 11) is 1.63. The Morgan fingerprint density at radius 3 is 2.30 bits per heavy atom. The SMILES string of the molecule is CCOc1ccc(-n2nc(C)c(S(=O)(=O)Cl)c2C)cc1. The molecule has 0 radical (unpaired) electrons. The third-order valence-electron chi connectivity index (χ3n) is 2.86. The molecular weight excluding hydrogens is 300 g/mol. The minimum Gasteiger partial charge on any atom is -0.494 e. The van der Waals surface area contributed by atoms with E-state index in [1.807, 2.05) is 31.2 Å². The van der Waals surface area contributed by atoms with E-state index in [9.17, 15) is 8.42 Å². The van der Waals surface area contributed by atoms with Crippen LogP contribution in [0, 0.1) is 13.8 Å². The van der Waals surface area contributed by atoms with Crippen LogP contribution in [0.3, 0.4) is 0 Å². The first-order valence-electron chi connectivity index (χ1n) is 6.08. The molecule has 20 heavy (non-hydrogen) atoms. The molecule has 2 aromatic rings. The van der Waals surface area contributed by atoms with E-state index in [4.69, 9.17) is 15.4 Å². The monoisotopic (exact) mass is 314 g/mol. The number of aromatic nitrogens is 2. The average Bonchev–Trinajstić information content (AvgIpc) is 2.65. The summed E-state index contributed by atoms with van der Waals surface area (Å²) in [5.41, 5.74) is 1.62. The second-order valence-corrected chi connectivity index (χ2v) is 6.78. The van der Waals surface area contributed by atoms with Crippen LogP contribution in [0.1, 0.15) is 18.3 Å². The minimum absolute atomic E-state index is 0.0630. The summed E-state index contributed by atoms with van der Waals surface area (Å²) in [5.74, 6) is 0.753. The number of ether oxygens (including phenoxy) is 1. The van der Waals surface area contributed by atoms with E-state index >= 15 is 0 Å². The van der Waals surface area contributed by atoms with Gasteiger partial charge < -0.3 is 4.74 Å². The Morgan fingerprint density at radius 2 is 1.85 bits per heavy atom. The zero-order chi connectivity index (χ0) is 14.9. The van der Waals surface area contributed by atoms with Crippen molar-refractivity contribution in [1.82, 2.24) is 9.78 Å². The lowest BCUT2D eigenvalue weighted by Gasteiger charge is -2.07. The van der Waals surface area contributed by atoms with Gasteiger partial charge in [-0.25, -0.2) is 13.1 Å². The van der Waals surface area contributed by atoms with Gasteiger partial charge in [-0.3, -0.25) is 0 Å². The molecule has 0 bridgehead atoms. The van der Waals surface area contributed by atoms with Gasteiger partial charge in [0.05, 0.1) is 23.7 Å². The molecule has 0 aliphatic heterocycles. The highest BCUT2D eigenvalue weighted by atomic mass is 35.7. The first kappa shape index (κ1) is 14.9. The van der Waals surface area contributed by atoms with Gasteiger partial charge in [0, 0.05) is 10.7 Å². The van der Waals surface area contributed by atoms with Gasteiger partial charge in [-0.05, 0) is 45.0 Å². The van der Waals surface area contributed by atoms with Crippen molar-refractivity contribution >= 4 is 19.7 Å². The Bertz CT molecular complexity index is 721. The number of benzene rings is 1. The number of rotatable bonds is 4. The van der Waals surface area contributed by atoms with Gasteiger partial charge in [0.25, 0.3) is 9.05 Å². The Labute approximate surface area is 122 Å². The van der Waals surface area contributed by atoms with Gasteiger partial charge in [-0.15, -0.1) is 0 Å². The topological polar surface area (TPSA) is 61.2 Å². The smallest absolute Gasteiger partial charge is 0.264 e. The standard InChI is InChI=1S/C13H15ClN2O3S/c1-4-19-12-7-5-11(6-8-12)16-10(3)13(9(2)15-16)20(14,17)18/h5-8H,4H2,1-3H3. The summed E-state index contributed by atoms with van der Waals surface area (Å²) in [6, 6.07) is 7.25. The maximum Gasteiger partial charge on any atom is 0.264 e. The molecule has 7 heteroatoms. The van der Waals surface area contributed by atoms with Crippen LogP contribution < -0.4 is 4.74 Å². The lowest BCUT2D eigenvalue weighted by molar-refractivity contribution is 0.340. The van der Waals surface area contributed by atoms with Crippen molar-refractivity contribution in [2.45, 2.75) is 25.7 Å². The second kappa shape index (κ2) is 5.46. The highest BCUT2D eigenvalue weighted by molar-refractivity contribution is 8.13. The Kier molecular flexibility index (Phi) is 4.06. The fraction of sp³-hybridized carbons (Fsp3) is 0.308. The lowest BCUT2D eigenvalue weighted by Crippen LogP contribution is -2.01. The van der Waals surface area contributed by atoms with Gasteiger partial charge in [0.1, 0.15) is 10.6 Å². The van der Waals surface area contributed by atoms with E-state index in [0.717, 1.165) is 11.4 Å².